The molecule has 2 heterocycles. The van der Waals surface area contributed by atoms with Gasteiger partial charge in [-0.1, -0.05) is 47.5 Å². The van der Waals surface area contributed by atoms with Crippen LogP contribution in [0.5, 0.6) is 5.75 Å². The van der Waals surface area contributed by atoms with E-state index in [0.29, 0.717) is 26.5 Å². The minimum absolute atomic E-state index is 0.159. The van der Waals surface area contributed by atoms with Crippen LogP contribution in [0.4, 0.5) is 5.69 Å². The molecule has 4 nitrogen and oxygen atoms in total. The highest BCUT2D eigenvalue weighted by Crippen LogP contribution is 2.46. The van der Waals surface area contributed by atoms with Gasteiger partial charge in [0.2, 0.25) is 0 Å². The predicted octanol–water partition coefficient (Wildman–Crippen LogP) is 5.34. The molecular weight excluding hydrogens is 401 g/mol. The summed E-state index contributed by atoms with van der Waals surface area (Å²) in [6.07, 6.45) is 7.71. The summed E-state index contributed by atoms with van der Waals surface area (Å²) in [5, 5.41) is 12.0. The number of aromatic nitrogens is 1. The third-order valence-corrected chi connectivity index (χ3v) is 8.04. The van der Waals surface area contributed by atoms with Gasteiger partial charge >= 0.3 is 0 Å². The molecule has 1 aromatic carbocycles. The average molecular weight is 424 g/mol. The zero-order valence-electron chi connectivity index (χ0n) is 15.0. The van der Waals surface area contributed by atoms with Gasteiger partial charge in [0.05, 0.1) is 21.9 Å². The van der Waals surface area contributed by atoms with E-state index in [4.69, 9.17) is 28.9 Å². The van der Waals surface area contributed by atoms with Gasteiger partial charge in [-0.25, -0.2) is 4.98 Å². The van der Waals surface area contributed by atoms with Crippen molar-refractivity contribution in [3.05, 3.63) is 40.5 Å². The maximum Gasteiger partial charge on any atom is 0.150 e. The van der Waals surface area contributed by atoms with Gasteiger partial charge in [0.15, 0.2) is 0 Å². The number of benzene rings is 1. The molecule has 1 aliphatic heterocycles. The second kappa shape index (κ2) is 7.70. The number of piperidine rings is 1. The number of nitrogens with zero attached hydrogens (tertiary/aromatic N) is 2. The highest BCUT2D eigenvalue weighted by molar-refractivity contribution is 7.99. The van der Waals surface area contributed by atoms with Crippen molar-refractivity contribution in [2.75, 3.05) is 18.0 Å². The van der Waals surface area contributed by atoms with E-state index in [1.165, 1.54) is 24.6 Å². The van der Waals surface area contributed by atoms with Crippen molar-refractivity contribution in [2.45, 2.75) is 48.1 Å². The Balaban J connectivity index is 1.47. The Labute approximate surface area is 174 Å². The average Bonchev–Trinajstić information content (AvgIpc) is 3.01. The third kappa shape index (κ3) is 3.75. The van der Waals surface area contributed by atoms with Crippen LogP contribution in [0.1, 0.15) is 32.1 Å². The van der Waals surface area contributed by atoms with Crippen molar-refractivity contribution in [3.8, 4) is 5.75 Å². The zero-order valence-corrected chi connectivity index (χ0v) is 17.3. The number of hydrogen-bond acceptors (Lipinski definition) is 5. The number of rotatable bonds is 3. The monoisotopic (exact) mass is 423 g/mol. The molecule has 27 heavy (non-hydrogen) atoms. The normalized spacial score (nSPS) is 21.7. The smallest absolute Gasteiger partial charge is 0.150 e. The largest absolute Gasteiger partial charge is 0.505 e. The molecule has 3 N–H and O–H groups in total. The van der Waals surface area contributed by atoms with Gasteiger partial charge < -0.3 is 15.7 Å². The lowest BCUT2D eigenvalue weighted by Gasteiger charge is -2.43. The highest BCUT2D eigenvalue weighted by atomic mass is 35.5. The Morgan fingerprint density at radius 1 is 1.22 bits per heavy atom. The Morgan fingerprint density at radius 3 is 2.67 bits per heavy atom. The van der Waals surface area contributed by atoms with Gasteiger partial charge in [0, 0.05) is 30.1 Å². The van der Waals surface area contributed by atoms with Crippen LogP contribution in [0.25, 0.3) is 0 Å². The van der Waals surface area contributed by atoms with Gasteiger partial charge in [-0.15, -0.1) is 0 Å². The summed E-state index contributed by atoms with van der Waals surface area (Å²) in [7, 11) is 0. The molecule has 0 amide bonds. The summed E-state index contributed by atoms with van der Waals surface area (Å²) in [5.74, 6) is 0.159. The van der Waals surface area contributed by atoms with E-state index in [0.717, 1.165) is 42.9 Å². The first-order valence-corrected chi connectivity index (χ1v) is 10.9. The molecule has 144 valence electrons. The summed E-state index contributed by atoms with van der Waals surface area (Å²) < 4.78 is 0. The van der Waals surface area contributed by atoms with Crippen molar-refractivity contribution in [2.24, 2.45) is 11.1 Å². The third-order valence-electron chi connectivity index (χ3n) is 6.04. The van der Waals surface area contributed by atoms with E-state index in [1.807, 2.05) is 18.3 Å². The van der Waals surface area contributed by atoms with Crippen molar-refractivity contribution in [1.29, 1.82) is 0 Å². The van der Waals surface area contributed by atoms with Crippen LogP contribution in [0.2, 0.25) is 10.0 Å². The number of hydrogen-bond donors (Lipinski definition) is 2. The van der Waals surface area contributed by atoms with Gasteiger partial charge in [0.25, 0.3) is 0 Å². The van der Waals surface area contributed by atoms with Crippen molar-refractivity contribution in [1.82, 2.24) is 4.98 Å². The topological polar surface area (TPSA) is 62.4 Å². The molecule has 1 saturated carbocycles. The molecule has 2 fully saturated rings. The van der Waals surface area contributed by atoms with Crippen LogP contribution in [0.15, 0.2) is 40.4 Å². The molecule has 0 radical (unpaired) electrons. The Bertz CT molecular complexity index is 840. The molecule has 1 atom stereocenters. The molecule has 1 aromatic heterocycles. The van der Waals surface area contributed by atoms with E-state index >= 15 is 0 Å². The minimum atomic E-state index is 0.159. The van der Waals surface area contributed by atoms with Crippen molar-refractivity contribution < 1.29 is 5.11 Å². The SMILES string of the molecule is N[C@@H]1CCCC12CCN(c1cnc(Sc3cccc(Cl)c3Cl)c(O)c1)CC2. The molecule has 2 aromatic rings. The van der Waals surface area contributed by atoms with E-state index in [-0.39, 0.29) is 5.75 Å². The number of anilines is 1. The molecular formula is C20H23Cl2N3OS. The quantitative estimate of drug-likeness (QED) is 0.696. The maximum absolute atomic E-state index is 10.5. The summed E-state index contributed by atoms with van der Waals surface area (Å²) in [6.45, 7) is 1.92. The molecule has 0 unspecified atom stereocenters. The second-order valence-electron chi connectivity index (χ2n) is 7.52. The van der Waals surface area contributed by atoms with Crippen LogP contribution in [-0.4, -0.2) is 29.2 Å². The van der Waals surface area contributed by atoms with Crippen LogP contribution in [0.3, 0.4) is 0 Å². The van der Waals surface area contributed by atoms with Crippen LogP contribution >= 0.6 is 35.0 Å². The molecule has 1 saturated heterocycles. The van der Waals surface area contributed by atoms with Crippen LogP contribution < -0.4 is 10.6 Å². The maximum atomic E-state index is 10.5. The molecule has 1 aliphatic carbocycles. The van der Waals surface area contributed by atoms with Gasteiger partial charge in [-0.05, 0) is 43.2 Å². The first-order chi connectivity index (χ1) is 13.0. The summed E-state index contributed by atoms with van der Waals surface area (Å²) in [5.41, 5.74) is 7.65. The number of halogens is 2. The van der Waals surface area contributed by atoms with Crippen LogP contribution in [-0.2, 0) is 0 Å². The lowest BCUT2D eigenvalue weighted by atomic mass is 9.74. The first-order valence-electron chi connectivity index (χ1n) is 9.30. The molecule has 7 heteroatoms. The summed E-state index contributed by atoms with van der Waals surface area (Å²) in [6, 6.07) is 7.57. The fraction of sp³-hybridized carbons (Fsp3) is 0.450. The fourth-order valence-corrected chi connectivity index (χ4v) is 5.64. The number of aromatic hydroxyl groups is 1. The fourth-order valence-electron chi connectivity index (χ4n) is 4.35. The summed E-state index contributed by atoms with van der Waals surface area (Å²) >= 11 is 13.6. The standard InChI is InChI=1S/C20H23Cl2N3OS/c21-14-3-1-4-16(18(14)22)27-19-15(26)11-13(12-24-19)25-9-7-20(8-10-25)6-2-5-17(20)23/h1,3-4,11-12,17,26H,2,5-10,23H2/t17-/m1/s1. The Kier molecular flexibility index (Phi) is 5.48. The lowest BCUT2D eigenvalue weighted by molar-refractivity contribution is 0.198. The number of pyridine rings is 1. The highest BCUT2D eigenvalue weighted by Gasteiger charge is 2.42. The van der Waals surface area contributed by atoms with Gasteiger partial charge in [0.1, 0.15) is 10.8 Å². The molecule has 2 aliphatic rings. The van der Waals surface area contributed by atoms with E-state index < -0.39 is 0 Å². The zero-order chi connectivity index (χ0) is 19.0. The van der Waals surface area contributed by atoms with E-state index in [1.54, 1.807) is 12.1 Å². The summed E-state index contributed by atoms with van der Waals surface area (Å²) in [4.78, 5) is 7.54. The lowest BCUT2D eigenvalue weighted by Crippen LogP contribution is -2.46. The number of nitrogens with two attached hydrogens (primary N) is 1. The first kappa shape index (κ1) is 19.2. The van der Waals surface area contributed by atoms with Crippen molar-refractivity contribution in [3.63, 3.8) is 0 Å². The Morgan fingerprint density at radius 2 is 2.00 bits per heavy atom. The van der Waals surface area contributed by atoms with Crippen LogP contribution in [0, 0.1) is 5.41 Å². The minimum Gasteiger partial charge on any atom is -0.505 e. The second-order valence-corrected chi connectivity index (χ2v) is 9.34. The van der Waals surface area contributed by atoms with Crippen molar-refractivity contribution >= 4 is 40.7 Å². The molecule has 0 bridgehead atoms. The molecule has 1 spiro atoms. The predicted molar refractivity (Wildman–Crippen MR) is 112 cm³/mol. The molecule has 4 rings (SSSR count). The van der Waals surface area contributed by atoms with E-state index in [9.17, 15) is 5.11 Å². The van der Waals surface area contributed by atoms with Gasteiger partial charge in [-0.2, -0.15) is 0 Å². The van der Waals surface area contributed by atoms with Gasteiger partial charge in [-0.3, -0.25) is 0 Å². The van der Waals surface area contributed by atoms with E-state index in [2.05, 4.69) is 9.88 Å². The Hall–Kier alpha value is -1.14.